The van der Waals surface area contributed by atoms with Crippen LogP contribution in [0.5, 0.6) is 5.75 Å². The lowest BCUT2D eigenvalue weighted by atomic mass is 10.0. The Hall–Kier alpha value is -2.28. The molecule has 0 saturated carbocycles. The molecule has 1 unspecified atom stereocenters. The lowest BCUT2D eigenvalue weighted by Gasteiger charge is -2.14. The van der Waals surface area contributed by atoms with E-state index in [0.717, 1.165) is 47.3 Å². The van der Waals surface area contributed by atoms with Crippen LogP contribution in [0.4, 0.5) is 0 Å². The minimum absolute atomic E-state index is 0.168. The molecular weight excluding hydrogens is 382 g/mol. The Morgan fingerprint density at radius 1 is 1.10 bits per heavy atom. The zero-order valence-corrected chi connectivity index (χ0v) is 18.0. The molecule has 1 aliphatic carbocycles. The molecule has 0 saturated heterocycles. The summed E-state index contributed by atoms with van der Waals surface area (Å²) >= 11 is 1.64. The smallest absolute Gasteiger partial charge is 0.148 e. The van der Waals surface area contributed by atoms with Crippen LogP contribution in [0.25, 0.3) is 21.1 Å². The number of nitrogens with one attached hydrogen (secondary N) is 1. The van der Waals surface area contributed by atoms with Gasteiger partial charge in [0.05, 0.1) is 12.7 Å². The minimum atomic E-state index is 0.168. The van der Waals surface area contributed by atoms with Crippen molar-refractivity contribution >= 4 is 11.3 Å². The molecule has 3 aromatic rings. The van der Waals surface area contributed by atoms with Gasteiger partial charge in [-0.25, -0.2) is 0 Å². The van der Waals surface area contributed by atoms with Crippen molar-refractivity contribution in [2.24, 2.45) is 0 Å². The van der Waals surface area contributed by atoms with Gasteiger partial charge in [0.2, 0.25) is 0 Å². The van der Waals surface area contributed by atoms with Crippen molar-refractivity contribution in [2.75, 3.05) is 20.3 Å². The van der Waals surface area contributed by atoms with Crippen LogP contribution in [0.2, 0.25) is 0 Å². The number of hydrogen-bond acceptors (Lipinski definition) is 6. The summed E-state index contributed by atoms with van der Waals surface area (Å²) in [5, 5.41) is 14.5. The number of aromatic nitrogens is 2. The Kier molecular flexibility index (Phi) is 6.23. The van der Waals surface area contributed by atoms with Crippen molar-refractivity contribution in [1.29, 1.82) is 0 Å². The quantitative estimate of drug-likeness (QED) is 0.537. The van der Waals surface area contributed by atoms with Gasteiger partial charge in [-0.2, -0.15) is 0 Å². The third kappa shape index (κ3) is 4.50. The highest BCUT2D eigenvalue weighted by molar-refractivity contribution is 7.17. The van der Waals surface area contributed by atoms with Crippen molar-refractivity contribution in [3.63, 3.8) is 0 Å². The van der Waals surface area contributed by atoms with Crippen LogP contribution in [0, 0.1) is 0 Å². The van der Waals surface area contributed by atoms with E-state index in [-0.39, 0.29) is 6.10 Å². The van der Waals surface area contributed by atoms with E-state index in [1.807, 2.05) is 38.1 Å². The molecule has 29 heavy (non-hydrogen) atoms. The molecule has 1 aliphatic rings. The largest absolute Gasteiger partial charge is 0.491 e. The fourth-order valence-corrected chi connectivity index (χ4v) is 4.70. The summed E-state index contributed by atoms with van der Waals surface area (Å²) in [5.41, 5.74) is 5.05. The van der Waals surface area contributed by atoms with E-state index in [9.17, 15) is 0 Å². The van der Waals surface area contributed by atoms with Gasteiger partial charge in [0.15, 0.2) is 0 Å². The third-order valence-corrected chi connectivity index (χ3v) is 6.10. The van der Waals surface area contributed by atoms with Crippen LogP contribution < -0.4 is 10.1 Å². The first-order valence-corrected chi connectivity index (χ1v) is 10.9. The van der Waals surface area contributed by atoms with Crippen LogP contribution in [-0.4, -0.2) is 36.6 Å². The van der Waals surface area contributed by atoms with Crippen LogP contribution in [0.3, 0.4) is 0 Å². The molecule has 0 fully saturated rings. The van der Waals surface area contributed by atoms with Crippen LogP contribution >= 0.6 is 11.3 Å². The molecule has 1 N–H and O–H groups in total. The number of fused-ring (bicyclic) bond motifs is 1. The first-order valence-electron chi connectivity index (χ1n) is 10.1. The molecule has 5 nitrogen and oxygen atoms in total. The normalized spacial score (nSPS) is 15.7. The predicted octanol–water partition coefficient (Wildman–Crippen LogP) is 4.88. The maximum Gasteiger partial charge on any atom is 0.148 e. The monoisotopic (exact) mass is 409 g/mol. The van der Waals surface area contributed by atoms with Crippen molar-refractivity contribution in [3.8, 4) is 26.9 Å². The summed E-state index contributed by atoms with van der Waals surface area (Å²) in [5.74, 6) is 0.876. The van der Waals surface area contributed by atoms with Crippen LogP contribution in [-0.2, 0) is 11.2 Å². The molecule has 152 valence electrons. The molecule has 4 rings (SSSR count). The Morgan fingerprint density at radius 3 is 2.66 bits per heavy atom. The Labute approximate surface area is 176 Å². The number of methoxy groups -OCH3 is 1. The van der Waals surface area contributed by atoms with Crippen molar-refractivity contribution in [1.82, 2.24) is 15.5 Å². The number of ether oxygens (including phenoxy) is 2. The van der Waals surface area contributed by atoms with E-state index < -0.39 is 0 Å². The van der Waals surface area contributed by atoms with Crippen LogP contribution in [0.1, 0.15) is 37.4 Å². The van der Waals surface area contributed by atoms with E-state index >= 15 is 0 Å². The molecule has 1 aromatic heterocycles. The maximum atomic E-state index is 5.73. The average Bonchev–Trinajstić information content (AvgIpc) is 3.36. The van der Waals surface area contributed by atoms with Gasteiger partial charge < -0.3 is 14.8 Å². The SMILES string of the molecule is COCCNC1CCc2c(-c3nnc(-c4ccc(OC(C)C)cc4)s3)cccc21. The summed E-state index contributed by atoms with van der Waals surface area (Å²) in [4.78, 5) is 0. The molecule has 2 aromatic carbocycles. The predicted molar refractivity (Wildman–Crippen MR) is 117 cm³/mol. The molecule has 0 radical (unpaired) electrons. The molecule has 0 amide bonds. The number of benzene rings is 2. The lowest BCUT2D eigenvalue weighted by molar-refractivity contribution is 0.195. The summed E-state index contributed by atoms with van der Waals surface area (Å²) < 4.78 is 10.9. The zero-order valence-electron chi connectivity index (χ0n) is 17.1. The van der Waals surface area contributed by atoms with Gasteiger partial charge in [-0.15, -0.1) is 10.2 Å². The first kappa shape index (κ1) is 20.0. The highest BCUT2D eigenvalue weighted by Crippen LogP contribution is 2.39. The molecule has 6 heteroatoms. The Balaban J connectivity index is 1.55. The van der Waals surface area contributed by atoms with Gasteiger partial charge in [-0.3, -0.25) is 0 Å². The fourth-order valence-electron chi connectivity index (χ4n) is 3.80. The van der Waals surface area contributed by atoms with Crippen molar-refractivity contribution in [2.45, 2.75) is 38.8 Å². The zero-order chi connectivity index (χ0) is 20.2. The fraction of sp³-hybridized carbons (Fsp3) is 0.391. The van der Waals surface area contributed by atoms with Crippen LogP contribution in [0.15, 0.2) is 42.5 Å². The Bertz CT molecular complexity index is 953. The van der Waals surface area contributed by atoms with Gasteiger partial charge in [0.25, 0.3) is 0 Å². The molecular formula is C23H27N3O2S. The van der Waals surface area contributed by atoms with Gasteiger partial charge in [-0.1, -0.05) is 29.5 Å². The van der Waals surface area contributed by atoms with Crippen molar-refractivity contribution in [3.05, 3.63) is 53.6 Å². The molecule has 0 aliphatic heterocycles. The average molecular weight is 410 g/mol. The second-order valence-electron chi connectivity index (χ2n) is 7.51. The molecule has 0 spiro atoms. The summed E-state index contributed by atoms with van der Waals surface area (Å²) in [7, 11) is 1.74. The van der Waals surface area contributed by atoms with E-state index in [1.54, 1.807) is 18.4 Å². The van der Waals surface area contributed by atoms with Gasteiger partial charge in [0.1, 0.15) is 15.8 Å². The Morgan fingerprint density at radius 2 is 1.90 bits per heavy atom. The van der Waals surface area contributed by atoms with E-state index in [1.165, 1.54) is 16.7 Å². The summed E-state index contributed by atoms with van der Waals surface area (Å²) in [6.07, 6.45) is 2.34. The standard InChI is InChI=1S/C23H27N3O2S/c1-15(2)28-17-9-7-16(8-10-17)22-25-26-23(29-22)20-6-4-5-19-18(20)11-12-21(19)24-13-14-27-3/h4-10,15,21,24H,11-14H2,1-3H3. The minimum Gasteiger partial charge on any atom is -0.491 e. The topological polar surface area (TPSA) is 56.3 Å². The molecule has 0 bridgehead atoms. The molecule has 1 atom stereocenters. The highest BCUT2D eigenvalue weighted by Gasteiger charge is 2.25. The number of nitrogens with zero attached hydrogens (tertiary/aromatic N) is 2. The number of hydrogen-bond donors (Lipinski definition) is 1. The first-order chi connectivity index (χ1) is 14.2. The second-order valence-corrected chi connectivity index (χ2v) is 8.49. The lowest BCUT2D eigenvalue weighted by Crippen LogP contribution is -2.23. The number of rotatable bonds is 8. The van der Waals surface area contributed by atoms with E-state index in [4.69, 9.17) is 9.47 Å². The summed E-state index contributed by atoms with van der Waals surface area (Å²) in [6, 6.07) is 15.0. The van der Waals surface area contributed by atoms with E-state index in [2.05, 4.69) is 33.7 Å². The van der Waals surface area contributed by atoms with Crippen molar-refractivity contribution < 1.29 is 9.47 Å². The second kappa shape index (κ2) is 9.03. The van der Waals surface area contributed by atoms with Gasteiger partial charge >= 0.3 is 0 Å². The highest BCUT2D eigenvalue weighted by atomic mass is 32.1. The third-order valence-electron chi connectivity index (χ3n) is 5.10. The van der Waals surface area contributed by atoms with Gasteiger partial charge in [-0.05, 0) is 62.1 Å². The van der Waals surface area contributed by atoms with E-state index in [0.29, 0.717) is 6.04 Å². The maximum absolute atomic E-state index is 5.73. The molecule has 1 heterocycles. The van der Waals surface area contributed by atoms with Gasteiger partial charge in [0, 0.05) is 30.8 Å². The summed E-state index contributed by atoms with van der Waals surface area (Å²) in [6.45, 7) is 5.65.